The van der Waals surface area contributed by atoms with Crippen LogP contribution in [0.2, 0.25) is 0 Å². The van der Waals surface area contributed by atoms with Crippen LogP contribution < -0.4 is 5.32 Å². The van der Waals surface area contributed by atoms with Gasteiger partial charge in [-0.1, -0.05) is 13.8 Å². The van der Waals surface area contributed by atoms with Crippen LogP contribution in [0.5, 0.6) is 0 Å². The van der Waals surface area contributed by atoms with E-state index in [1.165, 1.54) is 0 Å². The lowest BCUT2D eigenvalue weighted by molar-refractivity contribution is -0.145. The van der Waals surface area contributed by atoms with Crippen molar-refractivity contribution >= 4 is 11.9 Å². The Hall–Kier alpha value is -1.06. The van der Waals surface area contributed by atoms with Crippen LogP contribution in [0.1, 0.15) is 27.2 Å². The standard InChI is InChI=1S/C9H15NO3/c1-4-13-7(11)6-5-9(2,3)8(12)10-6/h6H,4-5H2,1-3H3,(H,10,12)/t6-/m0/s1. The largest absolute Gasteiger partial charge is 0.464 e. The number of carbonyl (C=O) groups is 2. The van der Waals surface area contributed by atoms with Gasteiger partial charge in [0.1, 0.15) is 6.04 Å². The smallest absolute Gasteiger partial charge is 0.328 e. The highest BCUT2D eigenvalue weighted by molar-refractivity contribution is 5.91. The van der Waals surface area contributed by atoms with Crippen LogP contribution in [0.4, 0.5) is 0 Å². The van der Waals surface area contributed by atoms with Crippen molar-refractivity contribution in [2.45, 2.75) is 33.2 Å². The molecule has 0 aromatic heterocycles. The first kappa shape index (κ1) is 10.0. The van der Waals surface area contributed by atoms with Gasteiger partial charge in [-0.25, -0.2) is 4.79 Å². The minimum Gasteiger partial charge on any atom is -0.464 e. The molecule has 1 aliphatic heterocycles. The SMILES string of the molecule is CCOC(=O)[C@@H]1CC(C)(C)C(=O)N1. The van der Waals surface area contributed by atoms with Gasteiger partial charge in [-0.3, -0.25) is 4.79 Å². The fraction of sp³-hybridized carbons (Fsp3) is 0.778. The molecule has 0 aliphatic carbocycles. The molecular weight excluding hydrogens is 170 g/mol. The zero-order chi connectivity index (χ0) is 10.1. The van der Waals surface area contributed by atoms with E-state index in [-0.39, 0.29) is 11.9 Å². The number of hydrogen-bond donors (Lipinski definition) is 1. The summed E-state index contributed by atoms with van der Waals surface area (Å²) in [5.74, 6) is -0.410. The Kier molecular flexibility index (Phi) is 2.59. The van der Waals surface area contributed by atoms with Gasteiger partial charge in [0.15, 0.2) is 0 Å². The van der Waals surface area contributed by atoms with Crippen LogP contribution >= 0.6 is 0 Å². The molecule has 13 heavy (non-hydrogen) atoms. The van der Waals surface area contributed by atoms with Gasteiger partial charge in [0.25, 0.3) is 0 Å². The Morgan fingerprint density at radius 3 is 2.69 bits per heavy atom. The molecule has 1 aliphatic rings. The monoisotopic (exact) mass is 185 g/mol. The van der Waals surface area contributed by atoms with Crippen LogP contribution in [-0.2, 0) is 14.3 Å². The molecule has 1 rings (SSSR count). The van der Waals surface area contributed by atoms with Crippen LogP contribution in [0, 0.1) is 5.41 Å². The van der Waals surface area contributed by atoms with Crippen molar-refractivity contribution in [1.29, 1.82) is 0 Å². The first-order valence-corrected chi connectivity index (χ1v) is 4.45. The van der Waals surface area contributed by atoms with E-state index >= 15 is 0 Å². The first-order valence-electron chi connectivity index (χ1n) is 4.45. The molecule has 1 saturated heterocycles. The van der Waals surface area contributed by atoms with Crippen molar-refractivity contribution in [3.63, 3.8) is 0 Å². The molecule has 1 N–H and O–H groups in total. The maximum atomic E-state index is 11.3. The maximum absolute atomic E-state index is 11.3. The van der Waals surface area contributed by atoms with Gasteiger partial charge < -0.3 is 10.1 Å². The fourth-order valence-corrected chi connectivity index (χ4v) is 1.39. The van der Waals surface area contributed by atoms with Gasteiger partial charge in [0.2, 0.25) is 5.91 Å². The molecule has 0 saturated carbocycles. The predicted octanol–water partition coefficient (Wildman–Crippen LogP) is 0.464. The molecule has 0 radical (unpaired) electrons. The highest BCUT2D eigenvalue weighted by Crippen LogP contribution is 2.28. The Morgan fingerprint density at radius 1 is 1.69 bits per heavy atom. The molecule has 0 aromatic carbocycles. The lowest BCUT2D eigenvalue weighted by Crippen LogP contribution is -2.35. The highest BCUT2D eigenvalue weighted by atomic mass is 16.5. The summed E-state index contributed by atoms with van der Waals surface area (Å²) in [5.41, 5.74) is -0.447. The fourth-order valence-electron chi connectivity index (χ4n) is 1.39. The molecule has 0 bridgehead atoms. The quantitative estimate of drug-likeness (QED) is 0.636. The number of esters is 1. The molecule has 1 atom stereocenters. The van der Waals surface area contributed by atoms with Crippen molar-refractivity contribution in [3.05, 3.63) is 0 Å². The number of rotatable bonds is 2. The van der Waals surface area contributed by atoms with Gasteiger partial charge in [0.05, 0.1) is 6.61 Å². The summed E-state index contributed by atoms with van der Waals surface area (Å²) in [6.07, 6.45) is 0.519. The third-order valence-corrected chi connectivity index (χ3v) is 2.21. The summed E-state index contributed by atoms with van der Waals surface area (Å²) in [5, 5.41) is 2.62. The number of ether oxygens (including phenoxy) is 1. The van der Waals surface area contributed by atoms with Gasteiger partial charge in [-0.05, 0) is 13.3 Å². The molecule has 74 valence electrons. The van der Waals surface area contributed by atoms with Crippen molar-refractivity contribution in [1.82, 2.24) is 5.32 Å². The van der Waals surface area contributed by atoms with Crippen molar-refractivity contribution < 1.29 is 14.3 Å². The lowest BCUT2D eigenvalue weighted by atomic mass is 9.90. The molecule has 4 nitrogen and oxygen atoms in total. The van der Waals surface area contributed by atoms with Crippen LogP contribution in [0.25, 0.3) is 0 Å². The van der Waals surface area contributed by atoms with E-state index in [2.05, 4.69) is 5.32 Å². The van der Waals surface area contributed by atoms with Crippen molar-refractivity contribution in [3.8, 4) is 0 Å². The van der Waals surface area contributed by atoms with Crippen molar-refractivity contribution in [2.24, 2.45) is 5.41 Å². The Morgan fingerprint density at radius 2 is 2.31 bits per heavy atom. The second kappa shape index (κ2) is 3.36. The van der Waals surface area contributed by atoms with E-state index in [0.717, 1.165) is 0 Å². The first-order chi connectivity index (χ1) is 5.97. The van der Waals surface area contributed by atoms with E-state index in [4.69, 9.17) is 4.74 Å². The number of amides is 1. The molecule has 1 fully saturated rings. The summed E-state index contributed by atoms with van der Waals surface area (Å²) < 4.78 is 4.81. The van der Waals surface area contributed by atoms with E-state index in [1.54, 1.807) is 6.92 Å². The number of nitrogens with one attached hydrogen (secondary N) is 1. The zero-order valence-electron chi connectivity index (χ0n) is 8.22. The van der Waals surface area contributed by atoms with E-state index < -0.39 is 11.5 Å². The van der Waals surface area contributed by atoms with Crippen LogP contribution in [0.15, 0.2) is 0 Å². The normalized spacial score (nSPS) is 25.5. The van der Waals surface area contributed by atoms with E-state index in [9.17, 15) is 9.59 Å². The average Bonchev–Trinajstić information content (AvgIpc) is 2.27. The minimum atomic E-state index is -0.456. The molecular formula is C9H15NO3. The summed E-state index contributed by atoms with van der Waals surface area (Å²) in [4.78, 5) is 22.5. The summed E-state index contributed by atoms with van der Waals surface area (Å²) >= 11 is 0. The van der Waals surface area contributed by atoms with Gasteiger partial charge in [-0.15, -0.1) is 0 Å². The Labute approximate surface area is 77.6 Å². The molecule has 0 spiro atoms. The topological polar surface area (TPSA) is 55.4 Å². The van der Waals surface area contributed by atoms with E-state index in [0.29, 0.717) is 13.0 Å². The Bertz CT molecular complexity index is 235. The minimum absolute atomic E-state index is 0.0782. The summed E-state index contributed by atoms with van der Waals surface area (Å²) in [6, 6.07) is -0.456. The summed E-state index contributed by atoms with van der Waals surface area (Å²) in [7, 11) is 0. The molecule has 1 heterocycles. The molecule has 4 heteroatoms. The third kappa shape index (κ3) is 1.99. The van der Waals surface area contributed by atoms with Gasteiger partial charge in [-0.2, -0.15) is 0 Å². The van der Waals surface area contributed by atoms with Gasteiger partial charge in [0, 0.05) is 5.41 Å². The van der Waals surface area contributed by atoms with E-state index in [1.807, 2.05) is 13.8 Å². The number of carbonyl (C=O) groups excluding carboxylic acids is 2. The molecule has 0 unspecified atom stereocenters. The number of hydrogen-bond acceptors (Lipinski definition) is 3. The Balaban J connectivity index is 2.58. The van der Waals surface area contributed by atoms with Crippen LogP contribution in [0.3, 0.4) is 0 Å². The van der Waals surface area contributed by atoms with Crippen LogP contribution in [-0.4, -0.2) is 24.5 Å². The molecule has 1 amide bonds. The van der Waals surface area contributed by atoms with Crippen molar-refractivity contribution in [2.75, 3.05) is 6.61 Å². The second-order valence-electron chi connectivity index (χ2n) is 3.87. The van der Waals surface area contributed by atoms with Gasteiger partial charge >= 0.3 is 5.97 Å². The maximum Gasteiger partial charge on any atom is 0.328 e. The zero-order valence-corrected chi connectivity index (χ0v) is 8.22. The third-order valence-electron chi connectivity index (χ3n) is 2.21. The molecule has 0 aromatic rings. The summed E-state index contributed by atoms with van der Waals surface area (Å²) in [6.45, 7) is 5.74. The lowest BCUT2D eigenvalue weighted by Gasteiger charge is -2.11. The second-order valence-corrected chi connectivity index (χ2v) is 3.87. The predicted molar refractivity (Wildman–Crippen MR) is 47.0 cm³/mol. The average molecular weight is 185 g/mol. The highest BCUT2D eigenvalue weighted by Gasteiger charge is 2.42.